The summed E-state index contributed by atoms with van der Waals surface area (Å²) in [6.07, 6.45) is 3.70. The molecule has 0 aliphatic carbocycles. The molecule has 0 radical (unpaired) electrons. The van der Waals surface area contributed by atoms with Crippen LogP contribution in [0.4, 0.5) is 0 Å². The predicted octanol–water partition coefficient (Wildman–Crippen LogP) is 2.36. The lowest BCUT2D eigenvalue weighted by molar-refractivity contribution is 1.05. The maximum absolute atomic E-state index is 8.86. The first-order valence-corrected chi connectivity index (χ1v) is 4.72. The van der Waals surface area contributed by atoms with E-state index in [2.05, 4.69) is 11.1 Å². The monoisotopic (exact) mass is 197 g/mol. The number of nitrogens with zero attached hydrogens (tertiary/aromatic N) is 3. The van der Waals surface area contributed by atoms with Crippen molar-refractivity contribution < 1.29 is 0 Å². The average Bonchev–Trinajstić information content (AvgIpc) is 2.64. The largest absolute Gasteiger partial charge is 0.306 e. The zero-order chi connectivity index (χ0) is 10.8. The van der Waals surface area contributed by atoms with E-state index in [0.29, 0.717) is 5.56 Å². The van der Waals surface area contributed by atoms with Gasteiger partial charge in [0, 0.05) is 11.9 Å². The van der Waals surface area contributed by atoms with Gasteiger partial charge in [-0.2, -0.15) is 5.26 Å². The molecule has 2 rings (SSSR count). The van der Waals surface area contributed by atoms with Gasteiger partial charge in [0.2, 0.25) is 0 Å². The standard InChI is InChI=1S/C12H11N3/c1-9-3-11(6-13)5-12(4-9)15-7-10(2)14-8-15/h3-5,7-8H,1-2H3. The maximum Gasteiger partial charge on any atom is 0.0995 e. The van der Waals surface area contributed by atoms with Crippen LogP contribution in [0.15, 0.2) is 30.7 Å². The number of aryl methyl sites for hydroxylation is 2. The van der Waals surface area contributed by atoms with Gasteiger partial charge in [-0.3, -0.25) is 0 Å². The highest BCUT2D eigenvalue weighted by atomic mass is 15.0. The van der Waals surface area contributed by atoms with E-state index in [1.165, 1.54) is 0 Å². The highest BCUT2D eigenvalue weighted by Gasteiger charge is 2.00. The molecule has 0 aliphatic heterocycles. The van der Waals surface area contributed by atoms with E-state index in [0.717, 1.165) is 16.9 Å². The van der Waals surface area contributed by atoms with Crippen molar-refractivity contribution in [1.82, 2.24) is 9.55 Å². The molecule has 3 nitrogen and oxygen atoms in total. The van der Waals surface area contributed by atoms with Crippen molar-refractivity contribution in [3.63, 3.8) is 0 Å². The maximum atomic E-state index is 8.86. The molecular weight excluding hydrogens is 186 g/mol. The van der Waals surface area contributed by atoms with Crippen molar-refractivity contribution in [2.45, 2.75) is 13.8 Å². The molecule has 0 fully saturated rings. The van der Waals surface area contributed by atoms with E-state index in [4.69, 9.17) is 5.26 Å². The molecule has 0 spiro atoms. The molecule has 74 valence electrons. The Morgan fingerprint density at radius 3 is 2.67 bits per heavy atom. The Labute approximate surface area is 88.6 Å². The van der Waals surface area contributed by atoms with E-state index < -0.39 is 0 Å². The van der Waals surface area contributed by atoms with Crippen LogP contribution in [-0.4, -0.2) is 9.55 Å². The van der Waals surface area contributed by atoms with Crippen LogP contribution in [0.25, 0.3) is 5.69 Å². The minimum absolute atomic E-state index is 0.677. The number of hydrogen-bond acceptors (Lipinski definition) is 2. The van der Waals surface area contributed by atoms with Crippen LogP contribution in [0.1, 0.15) is 16.8 Å². The number of benzene rings is 1. The molecule has 0 unspecified atom stereocenters. The number of nitriles is 1. The molecule has 0 bridgehead atoms. The minimum Gasteiger partial charge on any atom is -0.306 e. The van der Waals surface area contributed by atoms with E-state index in [1.807, 2.05) is 42.8 Å². The molecule has 15 heavy (non-hydrogen) atoms. The summed E-state index contributed by atoms with van der Waals surface area (Å²) in [6.45, 7) is 3.92. The summed E-state index contributed by atoms with van der Waals surface area (Å²) in [5, 5.41) is 8.86. The summed E-state index contributed by atoms with van der Waals surface area (Å²) in [5.41, 5.74) is 3.70. The molecule has 0 amide bonds. The number of imidazole rings is 1. The zero-order valence-electron chi connectivity index (χ0n) is 8.73. The third kappa shape index (κ3) is 1.89. The number of rotatable bonds is 1. The van der Waals surface area contributed by atoms with E-state index in [1.54, 1.807) is 6.33 Å². The molecule has 0 saturated carbocycles. The number of hydrogen-bond donors (Lipinski definition) is 0. The Morgan fingerprint density at radius 1 is 1.27 bits per heavy atom. The van der Waals surface area contributed by atoms with Crippen molar-refractivity contribution in [2.24, 2.45) is 0 Å². The fourth-order valence-corrected chi connectivity index (χ4v) is 1.54. The molecule has 3 heteroatoms. The molecule has 0 N–H and O–H groups in total. The Bertz CT molecular complexity index is 532. The first-order chi connectivity index (χ1) is 7.19. The minimum atomic E-state index is 0.677. The van der Waals surface area contributed by atoms with E-state index >= 15 is 0 Å². The van der Waals surface area contributed by atoms with Gasteiger partial charge in [-0.1, -0.05) is 0 Å². The quantitative estimate of drug-likeness (QED) is 0.704. The van der Waals surface area contributed by atoms with Gasteiger partial charge < -0.3 is 4.57 Å². The van der Waals surface area contributed by atoms with Crippen molar-refractivity contribution in [2.75, 3.05) is 0 Å². The first kappa shape index (κ1) is 9.47. The summed E-state index contributed by atoms with van der Waals surface area (Å²) in [7, 11) is 0. The van der Waals surface area contributed by atoms with Crippen molar-refractivity contribution in [3.05, 3.63) is 47.5 Å². The SMILES string of the molecule is Cc1cc(C#N)cc(-n2cnc(C)c2)c1. The van der Waals surface area contributed by atoms with Gasteiger partial charge in [-0.15, -0.1) is 0 Å². The van der Waals surface area contributed by atoms with Crippen LogP contribution in [0.2, 0.25) is 0 Å². The fourth-order valence-electron chi connectivity index (χ4n) is 1.54. The zero-order valence-corrected chi connectivity index (χ0v) is 8.73. The van der Waals surface area contributed by atoms with Crippen molar-refractivity contribution in [1.29, 1.82) is 5.26 Å². The molecule has 1 aromatic heterocycles. The third-order valence-corrected chi connectivity index (χ3v) is 2.20. The Kier molecular flexibility index (Phi) is 2.26. The van der Waals surface area contributed by atoms with Crippen LogP contribution in [-0.2, 0) is 0 Å². The average molecular weight is 197 g/mol. The topological polar surface area (TPSA) is 41.6 Å². The highest BCUT2D eigenvalue weighted by Crippen LogP contribution is 2.13. The van der Waals surface area contributed by atoms with Crippen LogP contribution < -0.4 is 0 Å². The number of aromatic nitrogens is 2. The summed E-state index contributed by atoms with van der Waals surface area (Å²) in [6, 6.07) is 7.90. The van der Waals surface area contributed by atoms with Crippen molar-refractivity contribution >= 4 is 0 Å². The summed E-state index contributed by atoms with van der Waals surface area (Å²) in [5.74, 6) is 0. The molecule has 0 aliphatic rings. The first-order valence-electron chi connectivity index (χ1n) is 4.72. The van der Waals surface area contributed by atoms with Gasteiger partial charge in [0.1, 0.15) is 0 Å². The smallest absolute Gasteiger partial charge is 0.0995 e. The molecule has 1 heterocycles. The van der Waals surface area contributed by atoms with Crippen molar-refractivity contribution in [3.8, 4) is 11.8 Å². The third-order valence-electron chi connectivity index (χ3n) is 2.20. The van der Waals surface area contributed by atoms with Gasteiger partial charge in [-0.05, 0) is 37.6 Å². The van der Waals surface area contributed by atoms with Crippen LogP contribution in [0, 0.1) is 25.2 Å². The van der Waals surface area contributed by atoms with Gasteiger partial charge in [-0.25, -0.2) is 4.98 Å². The normalized spacial score (nSPS) is 9.93. The van der Waals surface area contributed by atoms with Gasteiger partial charge >= 0.3 is 0 Å². The molecule has 1 aromatic carbocycles. The predicted molar refractivity (Wildman–Crippen MR) is 57.8 cm³/mol. The lowest BCUT2D eigenvalue weighted by Gasteiger charge is -2.03. The van der Waals surface area contributed by atoms with E-state index in [-0.39, 0.29) is 0 Å². The van der Waals surface area contributed by atoms with Gasteiger partial charge in [0.25, 0.3) is 0 Å². The Balaban J connectivity index is 2.54. The van der Waals surface area contributed by atoms with Crippen LogP contribution in [0.3, 0.4) is 0 Å². The molecular formula is C12H11N3. The molecule has 0 atom stereocenters. The molecule has 0 saturated heterocycles. The second-order valence-electron chi connectivity index (χ2n) is 3.59. The Hall–Kier alpha value is -2.08. The highest BCUT2D eigenvalue weighted by molar-refractivity contribution is 5.44. The summed E-state index contributed by atoms with van der Waals surface area (Å²) in [4.78, 5) is 4.16. The van der Waals surface area contributed by atoms with Gasteiger partial charge in [0.05, 0.1) is 23.7 Å². The Morgan fingerprint density at radius 2 is 2.07 bits per heavy atom. The van der Waals surface area contributed by atoms with Crippen LogP contribution >= 0.6 is 0 Å². The summed E-state index contributed by atoms with van der Waals surface area (Å²) >= 11 is 0. The summed E-state index contributed by atoms with van der Waals surface area (Å²) < 4.78 is 1.92. The second kappa shape index (κ2) is 3.58. The van der Waals surface area contributed by atoms with Crippen LogP contribution in [0.5, 0.6) is 0 Å². The van der Waals surface area contributed by atoms with Gasteiger partial charge in [0.15, 0.2) is 0 Å². The van der Waals surface area contributed by atoms with E-state index in [9.17, 15) is 0 Å². The fraction of sp³-hybridized carbons (Fsp3) is 0.167. The lowest BCUT2D eigenvalue weighted by Crippen LogP contribution is -1.92. The second-order valence-corrected chi connectivity index (χ2v) is 3.59. The lowest BCUT2D eigenvalue weighted by atomic mass is 10.1. The molecule has 2 aromatic rings.